The summed E-state index contributed by atoms with van der Waals surface area (Å²) in [5.74, 6) is 0.380. The summed E-state index contributed by atoms with van der Waals surface area (Å²) < 4.78 is 0. The monoisotopic (exact) mass is 255 g/mol. The molecule has 0 saturated carbocycles. The number of aromatic nitrogens is 2. The molecule has 1 aromatic rings. The number of aliphatic hydroxyl groups is 1. The van der Waals surface area contributed by atoms with Crippen molar-refractivity contribution in [1.29, 1.82) is 0 Å². The number of aliphatic hydroxyl groups excluding tert-OH is 1. The molecule has 18 heavy (non-hydrogen) atoms. The van der Waals surface area contributed by atoms with Crippen LogP contribution in [0.1, 0.15) is 19.5 Å². The van der Waals surface area contributed by atoms with E-state index in [1.54, 1.807) is 20.9 Å². The molecule has 0 amide bonds. The quantitative estimate of drug-likeness (QED) is 0.529. The van der Waals surface area contributed by atoms with Crippen LogP contribution >= 0.6 is 0 Å². The van der Waals surface area contributed by atoms with Gasteiger partial charge in [-0.25, -0.2) is 4.98 Å². The molecule has 8 nitrogen and oxygen atoms in total. The van der Waals surface area contributed by atoms with E-state index in [1.807, 2.05) is 0 Å². The minimum atomic E-state index is -0.712. The molecule has 8 heteroatoms. The van der Waals surface area contributed by atoms with E-state index >= 15 is 0 Å². The molecule has 3 N–H and O–H groups in total. The summed E-state index contributed by atoms with van der Waals surface area (Å²) in [5.41, 5.74) is -0.637. The van der Waals surface area contributed by atoms with E-state index in [0.717, 1.165) is 0 Å². The maximum absolute atomic E-state index is 11.0. The maximum Gasteiger partial charge on any atom is 0.332 e. The molecular weight excluding hydrogens is 238 g/mol. The van der Waals surface area contributed by atoms with Crippen molar-refractivity contribution in [3.8, 4) is 0 Å². The van der Waals surface area contributed by atoms with E-state index in [9.17, 15) is 15.2 Å². The summed E-state index contributed by atoms with van der Waals surface area (Å²) in [6.45, 7) is 4.79. The summed E-state index contributed by atoms with van der Waals surface area (Å²) in [5, 5.41) is 25.8. The van der Waals surface area contributed by atoms with Gasteiger partial charge in [-0.3, -0.25) is 10.1 Å². The normalized spacial score (nSPS) is 11.2. The van der Waals surface area contributed by atoms with Crippen molar-refractivity contribution in [2.75, 3.05) is 24.3 Å². The first-order valence-corrected chi connectivity index (χ1v) is 5.40. The van der Waals surface area contributed by atoms with Gasteiger partial charge in [0.1, 0.15) is 5.69 Å². The highest BCUT2D eigenvalue weighted by Gasteiger charge is 2.26. The molecule has 0 aliphatic heterocycles. The number of hydrogen-bond donors (Lipinski definition) is 3. The Kier molecular flexibility index (Phi) is 4.02. The molecule has 0 bridgehead atoms. The Balaban J connectivity index is 3.30. The van der Waals surface area contributed by atoms with Crippen LogP contribution in [-0.4, -0.2) is 39.2 Å². The molecular formula is C10H17N5O3. The van der Waals surface area contributed by atoms with Crippen LogP contribution in [0.3, 0.4) is 0 Å². The van der Waals surface area contributed by atoms with Crippen LogP contribution in [0.2, 0.25) is 0 Å². The first-order chi connectivity index (χ1) is 8.30. The van der Waals surface area contributed by atoms with E-state index in [4.69, 9.17) is 0 Å². The smallest absolute Gasteiger partial charge is 0.332 e. The highest BCUT2D eigenvalue weighted by atomic mass is 16.6. The van der Waals surface area contributed by atoms with Crippen LogP contribution in [-0.2, 0) is 0 Å². The van der Waals surface area contributed by atoms with Gasteiger partial charge in [-0.1, -0.05) is 0 Å². The standard InChI is InChI=1S/C10H17N5O3/c1-6-7(15(17)18)8(13-9(11-4)12-6)14-10(2,3)5-16/h16H,5H2,1-4H3,(H2,11,12,13,14). The molecule has 1 heterocycles. The average molecular weight is 255 g/mol. The summed E-state index contributed by atoms with van der Waals surface area (Å²) in [6, 6.07) is 0. The Labute approximate surface area is 105 Å². The number of nitro groups is 1. The zero-order chi connectivity index (χ0) is 13.9. The van der Waals surface area contributed by atoms with Crippen LogP contribution in [0.4, 0.5) is 17.5 Å². The predicted octanol–water partition coefficient (Wildman–Crippen LogP) is 0.918. The van der Waals surface area contributed by atoms with Crippen LogP contribution < -0.4 is 10.6 Å². The van der Waals surface area contributed by atoms with Gasteiger partial charge < -0.3 is 15.7 Å². The van der Waals surface area contributed by atoms with E-state index in [0.29, 0.717) is 0 Å². The molecule has 0 atom stereocenters. The Morgan fingerprint density at radius 2 is 2.06 bits per heavy atom. The first kappa shape index (κ1) is 14.1. The lowest BCUT2D eigenvalue weighted by Crippen LogP contribution is -2.35. The highest BCUT2D eigenvalue weighted by Crippen LogP contribution is 2.28. The van der Waals surface area contributed by atoms with Gasteiger partial charge in [0.25, 0.3) is 0 Å². The van der Waals surface area contributed by atoms with E-state index in [-0.39, 0.29) is 29.8 Å². The number of anilines is 2. The molecule has 0 spiro atoms. The fourth-order valence-corrected chi connectivity index (χ4v) is 1.34. The van der Waals surface area contributed by atoms with Crippen molar-refractivity contribution in [3.05, 3.63) is 15.8 Å². The number of nitrogens with zero attached hydrogens (tertiary/aromatic N) is 3. The van der Waals surface area contributed by atoms with Crippen molar-refractivity contribution in [1.82, 2.24) is 9.97 Å². The van der Waals surface area contributed by atoms with Crippen molar-refractivity contribution < 1.29 is 10.0 Å². The first-order valence-electron chi connectivity index (χ1n) is 5.40. The molecule has 0 saturated heterocycles. The second-order valence-electron chi connectivity index (χ2n) is 4.50. The van der Waals surface area contributed by atoms with E-state index in [1.165, 1.54) is 6.92 Å². The summed E-state index contributed by atoms with van der Waals surface area (Å²) >= 11 is 0. The summed E-state index contributed by atoms with van der Waals surface area (Å²) in [6.07, 6.45) is 0. The molecule has 0 fully saturated rings. The number of nitrogens with one attached hydrogen (secondary N) is 2. The van der Waals surface area contributed by atoms with Gasteiger partial charge in [0, 0.05) is 7.05 Å². The highest BCUT2D eigenvalue weighted by molar-refractivity contribution is 5.61. The molecule has 0 unspecified atom stereocenters. The van der Waals surface area contributed by atoms with Crippen molar-refractivity contribution in [2.24, 2.45) is 0 Å². The van der Waals surface area contributed by atoms with Gasteiger partial charge in [0.2, 0.25) is 11.8 Å². The van der Waals surface area contributed by atoms with Gasteiger partial charge in [0.05, 0.1) is 17.1 Å². The molecule has 1 aromatic heterocycles. The number of rotatable bonds is 5. The van der Waals surface area contributed by atoms with Gasteiger partial charge in [-0.15, -0.1) is 0 Å². The van der Waals surface area contributed by atoms with Gasteiger partial charge in [0.15, 0.2) is 0 Å². The minimum Gasteiger partial charge on any atom is -0.394 e. The number of hydrogen-bond acceptors (Lipinski definition) is 7. The zero-order valence-electron chi connectivity index (χ0n) is 10.8. The topological polar surface area (TPSA) is 113 Å². The van der Waals surface area contributed by atoms with Gasteiger partial charge >= 0.3 is 5.69 Å². The molecule has 0 aromatic carbocycles. The van der Waals surface area contributed by atoms with Crippen LogP contribution in [0, 0.1) is 17.0 Å². The second kappa shape index (κ2) is 5.13. The third-order valence-corrected chi connectivity index (χ3v) is 2.32. The summed E-state index contributed by atoms with van der Waals surface area (Å²) in [4.78, 5) is 18.5. The summed E-state index contributed by atoms with van der Waals surface area (Å²) in [7, 11) is 1.63. The van der Waals surface area contributed by atoms with Gasteiger partial charge in [-0.05, 0) is 20.8 Å². The molecule has 100 valence electrons. The molecule has 0 aliphatic carbocycles. The molecule has 0 aliphatic rings. The maximum atomic E-state index is 11.0. The third-order valence-electron chi connectivity index (χ3n) is 2.32. The molecule has 0 radical (unpaired) electrons. The Bertz CT molecular complexity index is 461. The SMILES string of the molecule is CNc1nc(C)c([N+](=O)[O-])c(NC(C)(C)CO)n1. The predicted molar refractivity (Wildman–Crippen MR) is 67.8 cm³/mol. The van der Waals surface area contributed by atoms with E-state index in [2.05, 4.69) is 20.6 Å². The van der Waals surface area contributed by atoms with Crippen molar-refractivity contribution >= 4 is 17.5 Å². The Morgan fingerprint density at radius 3 is 2.50 bits per heavy atom. The lowest BCUT2D eigenvalue weighted by Gasteiger charge is -2.24. The average Bonchev–Trinajstić information content (AvgIpc) is 2.27. The van der Waals surface area contributed by atoms with Crippen LogP contribution in [0.15, 0.2) is 0 Å². The second-order valence-corrected chi connectivity index (χ2v) is 4.50. The third kappa shape index (κ3) is 3.04. The van der Waals surface area contributed by atoms with Crippen LogP contribution in [0.5, 0.6) is 0 Å². The Morgan fingerprint density at radius 1 is 1.44 bits per heavy atom. The lowest BCUT2D eigenvalue weighted by atomic mass is 10.1. The van der Waals surface area contributed by atoms with E-state index < -0.39 is 10.5 Å². The lowest BCUT2D eigenvalue weighted by molar-refractivity contribution is -0.385. The van der Waals surface area contributed by atoms with Crippen molar-refractivity contribution in [3.63, 3.8) is 0 Å². The zero-order valence-corrected chi connectivity index (χ0v) is 10.8. The van der Waals surface area contributed by atoms with Crippen LogP contribution in [0.25, 0.3) is 0 Å². The van der Waals surface area contributed by atoms with Crippen molar-refractivity contribution in [2.45, 2.75) is 26.3 Å². The molecule has 1 rings (SSSR count). The fourth-order valence-electron chi connectivity index (χ4n) is 1.34. The van der Waals surface area contributed by atoms with Gasteiger partial charge in [-0.2, -0.15) is 4.98 Å². The Hall–Kier alpha value is -1.96. The fraction of sp³-hybridized carbons (Fsp3) is 0.600. The largest absolute Gasteiger partial charge is 0.394 e. The number of aryl methyl sites for hydroxylation is 1. The minimum absolute atomic E-state index is 0.0934.